The van der Waals surface area contributed by atoms with Crippen molar-refractivity contribution in [1.82, 2.24) is 9.88 Å². The van der Waals surface area contributed by atoms with Crippen LogP contribution in [0.25, 0.3) is 10.8 Å². The molecule has 0 N–H and O–H groups in total. The summed E-state index contributed by atoms with van der Waals surface area (Å²) in [5.74, 6) is 0. The number of benzene rings is 1. The first-order chi connectivity index (χ1) is 8.36. The number of nitrogens with zero attached hydrogens (tertiary/aromatic N) is 2. The first-order valence-electron chi connectivity index (χ1n) is 5.98. The number of aromatic nitrogens is 1. The number of rotatable bonds is 1. The van der Waals surface area contributed by atoms with Crippen LogP contribution < -0.4 is 0 Å². The highest BCUT2D eigenvalue weighted by Gasteiger charge is 2.23. The van der Waals surface area contributed by atoms with E-state index < -0.39 is 0 Å². The molecule has 1 aromatic carbocycles. The van der Waals surface area contributed by atoms with E-state index in [-0.39, 0.29) is 6.04 Å². The zero-order valence-electron chi connectivity index (χ0n) is 9.97. The zero-order valence-corrected chi connectivity index (χ0v) is 9.97. The molecule has 2 heterocycles. The molecule has 1 fully saturated rings. The lowest BCUT2D eigenvalue weighted by Gasteiger charge is -2.32. The molecule has 1 aliphatic heterocycles. The first kappa shape index (κ1) is 10.7. The van der Waals surface area contributed by atoms with Crippen LogP contribution in [0.5, 0.6) is 0 Å². The number of fused-ring (bicyclic) bond motifs is 1. The molecule has 0 aliphatic carbocycles. The molecule has 1 aromatic heterocycles. The molecule has 0 radical (unpaired) electrons. The Labute approximate surface area is 101 Å². The van der Waals surface area contributed by atoms with Gasteiger partial charge in [-0.05, 0) is 18.5 Å². The number of ether oxygens (including phenoxy) is 1. The van der Waals surface area contributed by atoms with Crippen molar-refractivity contribution in [3.63, 3.8) is 0 Å². The van der Waals surface area contributed by atoms with Gasteiger partial charge < -0.3 is 4.74 Å². The lowest BCUT2D eigenvalue weighted by atomic mass is 10.0. The topological polar surface area (TPSA) is 25.4 Å². The van der Waals surface area contributed by atoms with Crippen molar-refractivity contribution in [2.75, 3.05) is 26.8 Å². The smallest absolute Gasteiger partial charge is 0.0762 e. The average Bonchev–Trinajstić information content (AvgIpc) is 2.39. The molecule has 1 aliphatic rings. The maximum Gasteiger partial charge on any atom is 0.0762 e. The molecule has 2 aromatic rings. The molecule has 0 bridgehead atoms. The molecule has 0 amide bonds. The van der Waals surface area contributed by atoms with Gasteiger partial charge in [0.05, 0.1) is 24.9 Å². The Kier molecular flexibility index (Phi) is 2.79. The van der Waals surface area contributed by atoms with Crippen LogP contribution in [0.1, 0.15) is 11.7 Å². The van der Waals surface area contributed by atoms with E-state index in [1.165, 1.54) is 10.8 Å². The summed E-state index contributed by atoms with van der Waals surface area (Å²) < 4.78 is 5.57. The summed E-state index contributed by atoms with van der Waals surface area (Å²) in [4.78, 5) is 6.88. The van der Waals surface area contributed by atoms with Gasteiger partial charge in [0, 0.05) is 18.1 Å². The van der Waals surface area contributed by atoms with Crippen molar-refractivity contribution in [2.45, 2.75) is 6.04 Å². The van der Waals surface area contributed by atoms with Crippen LogP contribution in [0.2, 0.25) is 0 Å². The molecule has 1 unspecified atom stereocenters. The first-order valence-corrected chi connectivity index (χ1v) is 5.98. The van der Waals surface area contributed by atoms with Crippen molar-refractivity contribution < 1.29 is 4.74 Å². The van der Waals surface area contributed by atoms with Crippen LogP contribution in [0.3, 0.4) is 0 Å². The Hall–Kier alpha value is -1.45. The van der Waals surface area contributed by atoms with Crippen LogP contribution in [0.15, 0.2) is 36.5 Å². The molecule has 3 heteroatoms. The molecule has 1 atom stereocenters. The molecule has 17 heavy (non-hydrogen) atoms. The Morgan fingerprint density at radius 1 is 1.29 bits per heavy atom. The molecule has 1 saturated heterocycles. The quantitative estimate of drug-likeness (QED) is 0.748. The minimum absolute atomic E-state index is 0.273. The third-order valence-electron chi connectivity index (χ3n) is 3.42. The predicted octanol–water partition coefficient (Wildman–Crippen LogP) is 2.24. The van der Waals surface area contributed by atoms with Gasteiger partial charge in [0.25, 0.3) is 0 Å². The van der Waals surface area contributed by atoms with Crippen LogP contribution in [0, 0.1) is 0 Å². The Morgan fingerprint density at radius 3 is 3.06 bits per heavy atom. The molecular weight excluding hydrogens is 212 g/mol. The van der Waals surface area contributed by atoms with Gasteiger partial charge in [-0.25, -0.2) is 0 Å². The second-order valence-electron chi connectivity index (χ2n) is 4.49. The van der Waals surface area contributed by atoms with E-state index in [4.69, 9.17) is 4.74 Å². The summed E-state index contributed by atoms with van der Waals surface area (Å²) in [6.45, 7) is 2.52. The number of pyridine rings is 1. The summed E-state index contributed by atoms with van der Waals surface area (Å²) in [6.07, 6.45) is 1.89. The Bertz CT molecular complexity index is 521. The zero-order chi connectivity index (χ0) is 11.7. The van der Waals surface area contributed by atoms with Gasteiger partial charge in [-0.1, -0.05) is 24.3 Å². The van der Waals surface area contributed by atoms with E-state index in [9.17, 15) is 0 Å². The molecular formula is C14H16N2O. The normalized spacial score (nSPS) is 21.8. The highest BCUT2D eigenvalue weighted by atomic mass is 16.5. The SMILES string of the molecule is CN1CCOCC1c1nccc2ccccc12. The minimum Gasteiger partial charge on any atom is -0.378 e. The van der Waals surface area contributed by atoms with Crippen molar-refractivity contribution in [2.24, 2.45) is 0 Å². The van der Waals surface area contributed by atoms with Crippen molar-refractivity contribution in [3.8, 4) is 0 Å². The number of morpholine rings is 1. The van der Waals surface area contributed by atoms with Crippen LogP contribution in [-0.4, -0.2) is 36.7 Å². The van der Waals surface area contributed by atoms with Gasteiger partial charge in [0.2, 0.25) is 0 Å². The highest BCUT2D eigenvalue weighted by molar-refractivity contribution is 5.84. The number of hydrogen-bond donors (Lipinski definition) is 0. The number of likely N-dealkylation sites (N-methyl/N-ethyl adjacent to an activating group) is 1. The van der Waals surface area contributed by atoms with E-state index in [1.807, 2.05) is 6.20 Å². The second-order valence-corrected chi connectivity index (χ2v) is 4.49. The molecule has 88 valence electrons. The fraction of sp³-hybridized carbons (Fsp3) is 0.357. The van der Waals surface area contributed by atoms with Crippen LogP contribution >= 0.6 is 0 Å². The largest absolute Gasteiger partial charge is 0.378 e. The average molecular weight is 228 g/mol. The summed E-state index contributed by atoms with van der Waals surface area (Å²) in [7, 11) is 2.14. The van der Waals surface area contributed by atoms with Gasteiger partial charge in [0.15, 0.2) is 0 Å². The van der Waals surface area contributed by atoms with E-state index in [2.05, 4.69) is 47.3 Å². The van der Waals surface area contributed by atoms with Crippen molar-refractivity contribution in [1.29, 1.82) is 0 Å². The standard InChI is InChI=1S/C14H16N2O/c1-16-8-9-17-10-13(16)14-12-5-3-2-4-11(12)6-7-15-14/h2-7,13H,8-10H2,1H3. The predicted molar refractivity (Wildman–Crippen MR) is 67.9 cm³/mol. The van der Waals surface area contributed by atoms with Crippen molar-refractivity contribution in [3.05, 3.63) is 42.2 Å². The van der Waals surface area contributed by atoms with Gasteiger partial charge >= 0.3 is 0 Å². The van der Waals surface area contributed by atoms with Gasteiger partial charge in [-0.2, -0.15) is 0 Å². The fourth-order valence-corrected chi connectivity index (χ4v) is 2.38. The van der Waals surface area contributed by atoms with E-state index in [0.29, 0.717) is 0 Å². The van der Waals surface area contributed by atoms with Gasteiger partial charge in [-0.15, -0.1) is 0 Å². The monoisotopic (exact) mass is 228 g/mol. The Morgan fingerprint density at radius 2 is 2.18 bits per heavy atom. The van der Waals surface area contributed by atoms with E-state index in [1.54, 1.807) is 0 Å². The lowest BCUT2D eigenvalue weighted by molar-refractivity contribution is 0.00410. The second kappa shape index (κ2) is 4.43. The number of hydrogen-bond acceptors (Lipinski definition) is 3. The maximum absolute atomic E-state index is 5.57. The third kappa shape index (κ3) is 1.92. The molecule has 0 spiro atoms. The third-order valence-corrected chi connectivity index (χ3v) is 3.42. The van der Waals surface area contributed by atoms with Crippen molar-refractivity contribution >= 4 is 10.8 Å². The summed E-state index contributed by atoms with van der Waals surface area (Å²) in [6, 6.07) is 10.7. The van der Waals surface area contributed by atoms with Crippen LogP contribution in [-0.2, 0) is 4.74 Å². The maximum atomic E-state index is 5.57. The van der Waals surface area contributed by atoms with E-state index >= 15 is 0 Å². The molecule has 0 saturated carbocycles. The van der Waals surface area contributed by atoms with Gasteiger partial charge in [-0.3, -0.25) is 9.88 Å². The van der Waals surface area contributed by atoms with Crippen LogP contribution in [0.4, 0.5) is 0 Å². The van der Waals surface area contributed by atoms with E-state index in [0.717, 1.165) is 25.5 Å². The minimum atomic E-state index is 0.273. The van der Waals surface area contributed by atoms with Gasteiger partial charge in [0.1, 0.15) is 0 Å². The lowest BCUT2D eigenvalue weighted by Crippen LogP contribution is -2.37. The summed E-state index contributed by atoms with van der Waals surface area (Å²) >= 11 is 0. The fourth-order valence-electron chi connectivity index (χ4n) is 2.38. The Balaban J connectivity index is 2.10. The molecule has 3 nitrogen and oxygen atoms in total. The summed E-state index contributed by atoms with van der Waals surface area (Å²) in [5, 5.41) is 2.48. The molecule has 3 rings (SSSR count). The highest BCUT2D eigenvalue weighted by Crippen LogP contribution is 2.27. The summed E-state index contributed by atoms with van der Waals surface area (Å²) in [5.41, 5.74) is 1.13.